The first-order chi connectivity index (χ1) is 10.6. The Morgan fingerprint density at radius 3 is 2.95 bits per heavy atom. The van der Waals surface area contributed by atoms with Crippen molar-refractivity contribution in [2.75, 3.05) is 18.6 Å². The van der Waals surface area contributed by atoms with Gasteiger partial charge in [0.2, 0.25) is 5.91 Å². The van der Waals surface area contributed by atoms with E-state index in [1.54, 1.807) is 17.0 Å². The highest BCUT2D eigenvalue weighted by Gasteiger charge is 2.67. The molecule has 0 aliphatic carbocycles. The average Bonchev–Trinajstić information content (AvgIpc) is 3.15. The Labute approximate surface area is 132 Å². The van der Waals surface area contributed by atoms with Gasteiger partial charge in [0.05, 0.1) is 36.4 Å². The van der Waals surface area contributed by atoms with Gasteiger partial charge in [0.15, 0.2) is 0 Å². The van der Waals surface area contributed by atoms with Gasteiger partial charge >= 0.3 is 5.97 Å². The zero-order chi connectivity index (χ0) is 15.5. The molecular formula is C16H14ClNO4. The molecular weight excluding hydrogens is 306 g/mol. The van der Waals surface area contributed by atoms with Crippen LogP contribution >= 0.6 is 11.6 Å². The number of carbonyl (C=O) groups is 2. The van der Waals surface area contributed by atoms with E-state index in [0.717, 1.165) is 0 Å². The predicted molar refractivity (Wildman–Crippen MR) is 79.5 cm³/mol. The highest BCUT2D eigenvalue weighted by Crippen LogP contribution is 2.53. The van der Waals surface area contributed by atoms with E-state index in [9.17, 15) is 9.59 Å². The minimum Gasteiger partial charge on any atom is -0.469 e. The molecule has 5 nitrogen and oxygen atoms in total. The fourth-order valence-electron chi connectivity index (χ4n) is 3.78. The number of hydrogen-bond donors (Lipinski definition) is 0. The van der Waals surface area contributed by atoms with E-state index in [1.165, 1.54) is 7.11 Å². The van der Waals surface area contributed by atoms with Gasteiger partial charge in [-0.1, -0.05) is 35.9 Å². The minimum absolute atomic E-state index is 0.143. The number of amides is 1. The zero-order valence-electron chi connectivity index (χ0n) is 11.9. The van der Waals surface area contributed by atoms with Crippen LogP contribution in [0.15, 0.2) is 36.4 Å². The van der Waals surface area contributed by atoms with Crippen LogP contribution in [0.3, 0.4) is 0 Å². The first-order valence-electron chi connectivity index (χ1n) is 7.08. The van der Waals surface area contributed by atoms with Crippen molar-refractivity contribution in [2.45, 2.75) is 11.7 Å². The summed E-state index contributed by atoms with van der Waals surface area (Å²) in [6.07, 6.45) is 3.37. The van der Waals surface area contributed by atoms with E-state index in [4.69, 9.17) is 21.1 Å². The van der Waals surface area contributed by atoms with Gasteiger partial charge in [-0.05, 0) is 12.1 Å². The summed E-state index contributed by atoms with van der Waals surface area (Å²) in [5, 5.41) is 0.500. The molecule has 4 rings (SSSR count). The Morgan fingerprint density at radius 1 is 1.45 bits per heavy atom. The predicted octanol–water partition coefficient (Wildman–Crippen LogP) is 1.80. The number of carbonyl (C=O) groups excluding carboxylic acids is 2. The third-order valence-electron chi connectivity index (χ3n) is 4.72. The summed E-state index contributed by atoms with van der Waals surface area (Å²) in [6, 6.07) is 7.17. The Bertz CT molecular complexity index is 703. The van der Waals surface area contributed by atoms with E-state index in [2.05, 4.69) is 0 Å². The van der Waals surface area contributed by atoms with Crippen molar-refractivity contribution < 1.29 is 19.1 Å². The van der Waals surface area contributed by atoms with Crippen molar-refractivity contribution in [2.24, 2.45) is 11.8 Å². The quantitative estimate of drug-likeness (QED) is 0.616. The van der Waals surface area contributed by atoms with Gasteiger partial charge in [-0.25, -0.2) is 0 Å². The third kappa shape index (κ3) is 1.63. The van der Waals surface area contributed by atoms with Gasteiger partial charge in [-0.3, -0.25) is 9.59 Å². The summed E-state index contributed by atoms with van der Waals surface area (Å²) in [6.45, 7) is 0.362. The van der Waals surface area contributed by atoms with Gasteiger partial charge in [-0.2, -0.15) is 0 Å². The molecule has 114 valence electrons. The molecule has 0 aromatic heterocycles. The summed E-state index contributed by atoms with van der Waals surface area (Å²) in [5.74, 6) is -1.69. The third-order valence-corrected chi connectivity index (χ3v) is 5.04. The Balaban J connectivity index is 1.75. The van der Waals surface area contributed by atoms with E-state index in [1.807, 2.05) is 24.3 Å². The first-order valence-corrected chi connectivity index (χ1v) is 7.46. The fourth-order valence-corrected chi connectivity index (χ4v) is 4.02. The van der Waals surface area contributed by atoms with Gasteiger partial charge in [0.25, 0.3) is 0 Å². The molecule has 1 spiro atoms. The topological polar surface area (TPSA) is 55.8 Å². The lowest BCUT2D eigenvalue weighted by Gasteiger charge is -2.22. The zero-order valence-corrected chi connectivity index (χ0v) is 12.6. The van der Waals surface area contributed by atoms with Gasteiger partial charge in [-0.15, -0.1) is 0 Å². The summed E-state index contributed by atoms with van der Waals surface area (Å²) in [4.78, 5) is 26.6. The number of ether oxygens (including phenoxy) is 2. The highest BCUT2D eigenvalue weighted by molar-refractivity contribution is 6.34. The van der Waals surface area contributed by atoms with Crippen molar-refractivity contribution in [1.29, 1.82) is 0 Å². The van der Waals surface area contributed by atoms with Gasteiger partial charge in [0, 0.05) is 0 Å². The minimum atomic E-state index is -0.750. The van der Waals surface area contributed by atoms with Crippen molar-refractivity contribution in [3.63, 3.8) is 0 Å². The van der Waals surface area contributed by atoms with Crippen molar-refractivity contribution >= 4 is 29.2 Å². The molecule has 0 N–H and O–H groups in total. The molecule has 22 heavy (non-hydrogen) atoms. The maximum atomic E-state index is 12.9. The molecule has 0 saturated carbocycles. The monoisotopic (exact) mass is 319 g/mol. The maximum absolute atomic E-state index is 12.9. The molecule has 2 bridgehead atoms. The van der Waals surface area contributed by atoms with Crippen LogP contribution in [0.25, 0.3) is 0 Å². The molecule has 3 heterocycles. The molecule has 3 aliphatic heterocycles. The normalized spacial score (nSPS) is 35.1. The van der Waals surface area contributed by atoms with Crippen molar-refractivity contribution in [3.8, 4) is 0 Å². The van der Waals surface area contributed by atoms with Crippen molar-refractivity contribution in [3.05, 3.63) is 41.4 Å². The first kappa shape index (κ1) is 13.8. The smallest absolute Gasteiger partial charge is 0.312 e. The lowest BCUT2D eigenvalue weighted by molar-refractivity contribution is -0.149. The van der Waals surface area contributed by atoms with Crippen LogP contribution in [0.2, 0.25) is 5.02 Å². The second-order valence-corrected chi connectivity index (χ2v) is 6.21. The van der Waals surface area contributed by atoms with Crippen molar-refractivity contribution in [1.82, 2.24) is 0 Å². The van der Waals surface area contributed by atoms with E-state index < -0.39 is 23.4 Å². The lowest BCUT2D eigenvalue weighted by Crippen LogP contribution is -2.39. The number of halogens is 1. The lowest BCUT2D eigenvalue weighted by atomic mass is 9.77. The number of esters is 1. The van der Waals surface area contributed by atoms with E-state index >= 15 is 0 Å². The summed E-state index contributed by atoms with van der Waals surface area (Å²) < 4.78 is 10.8. The number of methoxy groups -OCH3 is 1. The van der Waals surface area contributed by atoms with Crippen LogP contribution in [0, 0.1) is 11.8 Å². The highest BCUT2D eigenvalue weighted by atomic mass is 35.5. The molecule has 2 saturated heterocycles. The molecule has 4 atom stereocenters. The Morgan fingerprint density at radius 2 is 2.23 bits per heavy atom. The molecule has 2 fully saturated rings. The van der Waals surface area contributed by atoms with Crippen LogP contribution in [0.4, 0.5) is 5.69 Å². The maximum Gasteiger partial charge on any atom is 0.312 e. The number of nitrogens with zero attached hydrogens (tertiary/aromatic N) is 1. The molecule has 1 aromatic carbocycles. The van der Waals surface area contributed by atoms with E-state index in [-0.39, 0.29) is 12.0 Å². The molecule has 3 aliphatic rings. The number of para-hydroxylation sites is 1. The number of rotatable bonds is 2. The number of fused-ring (bicyclic) bond motifs is 1. The largest absolute Gasteiger partial charge is 0.469 e. The molecule has 0 radical (unpaired) electrons. The summed E-state index contributed by atoms with van der Waals surface area (Å²) in [7, 11) is 1.33. The SMILES string of the molecule is COC(=O)[C@H]1[C@H]2C=CC3(CN(c4ccccc4Cl)C(=O)[C@@H]13)O2. The van der Waals surface area contributed by atoms with Crippen LogP contribution in [0.1, 0.15) is 0 Å². The summed E-state index contributed by atoms with van der Waals surface area (Å²) >= 11 is 6.21. The second-order valence-electron chi connectivity index (χ2n) is 5.80. The fraction of sp³-hybridized carbons (Fsp3) is 0.375. The van der Waals surface area contributed by atoms with Crippen LogP contribution < -0.4 is 4.90 Å². The molecule has 6 heteroatoms. The number of anilines is 1. The molecule has 1 aromatic rings. The van der Waals surface area contributed by atoms with Crippen LogP contribution in [0.5, 0.6) is 0 Å². The second kappa shape index (κ2) is 4.57. The molecule has 1 unspecified atom stereocenters. The Kier molecular flexibility index (Phi) is 2.86. The number of hydrogen-bond acceptors (Lipinski definition) is 4. The standard InChI is InChI=1S/C16H14ClNO4/c1-21-15(20)12-11-6-7-16(22-11)8-18(14(19)13(12)16)10-5-3-2-4-9(10)17/h2-7,11-13H,8H2,1H3/t11-,12+,13-,16?/m1/s1. The van der Waals surface area contributed by atoms with Crippen LogP contribution in [-0.2, 0) is 19.1 Å². The van der Waals surface area contributed by atoms with E-state index in [0.29, 0.717) is 17.3 Å². The summed E-state index contributed by atoms with van der Waals surface area (Å²) in [5.41, 5.74) is -0.109. The molecule has 1 amide bonds. The number of benzene rings is 1. The average molecular weight is 320 g/mol. The van der Waals surface area contributed by atoms with Gasteiger partial charge in [0.1, 0.15) is 11.5 Å². The Hall–Kier alpha value is -1.85. The van der Waals surface area contributed by atoms with Crippen LogP contribution in [-0.4, -0.2) is 37.2 Å². The van der Waals surface area contributed by atoms with Gasteiger partial charge < -0.3 is 14.4 Å².